The van der Waals surface area contributed by atoms with Crippen molar-refractivity contribution in [3.05, 3.63) is 24.0 Å². The molecule has 0 aromatic carbocycles. The van der Waals surface area contributed by atoms with Crippen LogP contribution in [0.25, 0.3) is 0 Å². The van der Waals surface area contributed by atoms with Crippen LogP contribution in [0.3, 0.4) is 0 Å². The Labute approximate surface area is 126 Å². The third-order valence-corrected chi connectivity index (χ3v) is 4.23. The van der Waals surface area contributed by atoms with E-state index in [1.807, 2.05) is 0 Å². The Bertz CT molecular complexity index is 457. The molecule has 2 rings (SSSR count). The molecule has 3 N–H and O–H groups in total. The van der Waals surface area contributed by atoms with Gasteiger partial charge in [0, 0.05) is 18.8 Å². The van der Waals surface area contributed by atoms with Crippen molar-refractivity contribution in [3.8, 4) is 0 Å². The molecule has 0 aliphatic heterocycles. The fourth-order valence-corrected chi connectivity index (χ4v) is 2.93. The van der Waals surface area contributed by atoms with E-state index in [4.69, 9.17) is 5.73 Å². The summed E-state index contributed by atoms with van der Waals surface area (Å²) in [6.45, 7) is 1.68. The van der Waals surface area contributed by atoms with Crippen molar-refractivity contribution in [1.29, 1.82) is 0 Å². The molecular weight excluding hydrogens is 264 g/mol. The van der Waals surface area contributed by atoms with Crippen molar-refractivity contribution in [3.63, 3.8) is 0 Å². The Kier molecular flexibility index (Phi) is 5.99. The molecular formula is C16H26N4O. The maximum atomic E-state index is 11.9. The number of nitrogens with one attached hydrogen (secondary N) is 1. The summed E-state index contributed by atoms with van der Waals surface area (Å²) < 4.78 is 0. The second-order valence-electron chi connectivity index (χ2n) is 5.82. The van der Waals surface area contributed by atoms with Crippen LogP contribution in [0.5, 0.6) is 0 Å². The highest BCUT2D eigenvalue weighted by Crippen LogP contribution is 2.21. The molecule has 116 valence electrons. The number of pyridine rings is 1. The molecule has 1 aliphatic rings. The quantitative estimate of drug-likeness (QED) is 0.787. The van der Waals surface area contributed by atoms with Crippen LogP contribution in [-0.4, -0.2) is 42.0 Å². The number of rotatable bonds is 6. The highest BCUT2D eigenvalue weighted by atomic mass is 16.1. The predicted molar refractivity (Wildman–Crippen MR) is 85.1 cm³/mol. The molecule has 21 heavy (non-hydrogen) atoms. The summed E-state index contributed by atoms with van der Waals surface area (Å²) in [7, 11) is 2.19. The van der Waals surface area contributed by atoms with Crippen LogP contribution < -0.4 is 11.1 Å². The number of nitrogens with two attached hydrogens (primary N) is 1. The summed E-state index contributed by atoms with van der Waals surface area (Å²) in [6, 6.07) is 4.14. The van der Waals surface area contributed by atoms with E-state index in [0.29, 0.717) is 17.9 Å². The maximum Gasteiger partial charge on any atom is 0.272 e. The van der Waals surface area contributed by atoms with E-state index in [1.165, 1.54) is 32.1 Å². The van der Waals surface area contributed by atoms with Crippen LogP contribution in [0.15, 0.2) is 18.3 Å². The Balaban J connectivity index is 1.67. The topological polar surface area (TPSA) is 71.2 Å². The molecule has 0 atom stereocenters. The highest BCUT2D eigenvalue weighted by Gasteiger charge is 2.17. The summed E-state index contributed by atoms with van der Waals surface area (Å²) in [5.41, 5.74) is 6.48. The van der Waals surface area contributed by atoms with E-state index in [0.717, 1.165) is 19.0 Å². The molecule has 0 spiro atoms. The van der Waals surface area contributed by atoms with Gasteiger partial charge in [0.15, 0.2) is 5.69 Å². The summed E-state index contributed by atoms with van der Waals surface area (Å²) in [6.07, 6.45) is 9.25. The second-order valence-corrected chi connectivity index (χ2v) is 5.82. The number of hydrogen-bond donors (Lipinski definition) is 2. The second kappa shape index (κ2) is 7.98. The van der Waals surface area contributed by atoms with Crippen molar-refractivity contribution < 1.29 is 4.79 Å². The Morgan fingerprint density at radius 1 is 1.43 bits per heavy atom. The van der Waals surface area contributed by atoms with Gasteiger partial charge in [0.25, 0.3) is 5.91 Å². The van der Waals surface area contributed by atoms with Gasteiger partial charge < -0.3 is 16.0 Å². The zero-order valence-corrected chi connectivity index (χ0v) is 12.8. The number of nitrogen functional groups attached to an aromatic ring is 1. The first-order valence-corrected chi connectivity index (χ1v) is 7.87. The minimum atomic E-state index is -0.187. The van der Waals surface area contributed by atoms with Crippen LogP contribution in [0.2, 0.25) is 0 Å². The number of hydrogen-bond acceptors (Lipinski definition) is 4. The van der Waals surface area contributed by atoms with Gasteiger partial charge in [-0.1, -0.05) is 19.3 Å². The van der Waals surface area contributed by atoms with E-state index in [1.54, 1.807) is 18.3 Å². The summed E-state index contributed by atoms with van der Waals surface area (Å²) >= 11 is 0. The zero-order valence-electron chi connectivity index (χ0n) is 12.8. The van der Waals surface area contributed by atoms with Gasteiger partial charge in [-0.2, -0.15) is 0 Å². The molecule has 1 fully saturated rings. The van der Waals surface area contributed by atoms with E-state index < -0.39 is 0 Å². The fraction of sp³-hybridized carbons (Fsp3) is 0.625. The van der Waals surface area contributed by atoms with Gasteiger partial charge in [-0.15, -0.1) is 0 Å². The smallest absolute Gasteiger partial charge is 0.272 e. The Morgan fingerprint density at radius 2 is 2.19 bits per heavy atom. The molecule has 1 amide bonds. The summed E-state index contributed by atoms with van der Waals surface area (Å²) in [5, 5.41) is 2.89. The molecule has 1 saturated carbocycles. The Morgan fingerprint density at radius 3 is 2.90 bits per heavy atom. The van der Waals surface area contributed by atoms with Crippen molar-refractivity contribution >= 4 is 11.6 Å². The molecule has 0 radical (unpaired) electrons. The summed E-state index contributed by atoms with van der Waals surface area (Å²) in [4.78, 5) is 18.4. The molecule has 0 unspecified atom stereocenters. The van der Waals surface area contributed by atoms with E-state index >= 15 is 0 Å². The number of nitrogens with zero attached hydrogens (tertiary/aromatic N) is 2. The van der Waals surface area contributed by atoms with E-state index in [9.17, 15) is 4.79 Å². The highest BCUT2D eigenvalue weighted by molar-refractivity contribution is 5.96. The lowest BCUT2D eigenvalue weighted by molar-refractivity contribution is 0.0946. The zero-order chi connectivity index (χ0) is 15.1. The minimum absolute atomic E-state index is 0.187. The van der Waals surface area contributed by atoms with Gasteiger partial charge in [0.1, 0.15) is 0 Å². The van der Waals surface area contributed by atoms with Crippen LogP contribution >= 0.6 is 0 Å². The van der Waals surface area contributed by atoms with Gasteiger partial charge in [-0.3, -0.25) is 4.79 Å². The lowest BCUT2D eigenvalue weighted by atomic mass is 9.94. The fourth-order valence-electron chi connectivity index (χ4n) is 2.93. The molecule has 0 saturated heterocycles. The normalized spacial score (nSPS) is 16.1. The number of anilines is 1. The van der Waals surface area contributed by atoms with Gasteiger partial charge in [-0.05, 0) is 45.0 Å². The number of carbonyl (C=O) groups excluding carboxylic acids is 1. The summed E-state index contributed by atoms with van der Waals surface area (Å²) in [5.74, 6) is -0.187. The molecule has 0 bridgehead atoms. The molecule has 5 heteroatoms. The number of aromatic nitrogens is 1. The molecule has 1 aromatic heterocycles. The third kappa shape index (κ3) is 4.70. The average Bonchev–Trinajstić information content (AvgIpc) is 2.52. The monoisotopic (exact) mass is 290 g/mol. The molecule has 1 heterocycles. The van der Waals surface area contributed by atoms with Gasteiger partial charge in [0.2, 0.25) is 0 Å². The Hall–Kier alpha value is -1.62. The van der Waals surface area contributed by atoms with Gasteiger partial charge in [0.05, 0.1) is 5.69 Å². The maximum absolute atomic E-state index is 11.9. The van der Waals surface area contributed by atoms with Crippen LogP contribution in [0.4, 0.5) is 5.69 Å². The van der Waals surface area contributed by atoms with Crippen molar-refractivity contribution in [2.24, 2.45) is 0 Å². The first kappa shape index (κ1) is 15.8. The average molecular weight is 290 g/mol. The number of carbonyl (C=O) groups is 1. The van der Waals surface area contributed by atoms with Crippen LogP contribution in [0.1, 0.15) is 49.0 Å². The van der Waals surface area contributed by atoms with Crippen LogP contribution in [0, 0.1) is 0 Å². The third-order valence-electron chi connectivity index (χ3n) is 4.23. The van der Waals surface area contributed by atoms with Gasteiger partial charge >= 0.3 is 0 Å². The largest absolute Gasteiger partial charge is 0.397 e. The first-order valence-electron chi connectivity index (χ1n) is 7.87. The van der Waals surface area contributed by atoms with Gasteiger partial charge in [-0.25, -0.2) is 4.98 Å². The van der Waals surface area contributed by atoms with Crippen LogP contribution in [-0.2, 0) is 0 Å². The lowest BCUT2D eigenvalue weighted by Gasteiger charge is -2.31. The standard InChI is InChI=1S/C16H26N4O/c1-20(13-7-3-2-4-8-13)12-6-11-19-16(21)15-14(17)9-5-10-18-15/h5,9-10,13H,2-4,6-8,11-12,17H2,1H3,(H,19,21). The van der Waals surface area contributed by atoms with E-state index in [-0.39, 0.29) is 5.91 Å². The minimum Gasteiger partial charge on any atom is -0.397 e. The molecule has 1 aliphatic carbocycles. The van der Waals surface area contributed by atoms with Crippen molar-refractivity contribution in [2.75, 3.05) is 25.9 Å². The number of amides is 1. The SMILES string of the molecule is CN(CCCNC(=O)c1ncccc1N)C1CCCCC1. The van der Waals surface area contributed by atoms with Crippen molar-refractivity contribution in [1.82, 2.24) is 15.2 Å². The molecule has 5 nitrogen and oxygen atoms in total. The predicted octanol–water partition coefficient (Wildman–Crippen LogP) is 2.05. The van der Waals surface area contributed by atoms with E-state index in [2.05, 4.69) is 22.2 Å². The first-order chi connectivity index (χ1) is 10.2. The molecule has 1 aromatic rings. The lowest BCUT2D eigenvalue weighted by Crippen LogP contribution is -2.36. The van der Waals surface area contributed by atoms with Crippen molar-refractivity contribution in [2.45, 2.75) is 44.6 Å².